The lowest BCUT2D eigenvalue weighted by Crippen LogP contribution is -2.47. The van der Waals surface area contributed by atoms with Gasteiger partial charge < -0.3 is 15.1 Å². The van der Waals surface area contributed by atoms with Crippen LogP contribution in [0.1, 0.15) is 5.56 Å². The average Bonchev–Trinajstić information content (AvgIpc) is 3.35. The summed E-state index contributed by atoms with van der Waals surface area (Å²) in [7, 11) is 0. The molecule has 0 amide bonds. The Kier molecular flexibility index (Phi) is 5.50. The van der Waals surface area contributed by atoms with Gasteiger partial charge in [-0.3, -0.25) is 0 Å². The summed E-state index contributed by atoms with van der Waals surface area (Å²) in [5.74, 6) is 1.49. The zero-order valence-electron chi connectivity index (χ0n) is 19.7. The highest BCUT2D eigenvalue weighted by molar-refractivity contribution is 5.90. The van der Waals surface area contributed by atoms with E-state index in [9.17, 15) is 0 Å². The maximum absolute atomic E-state index is 5.01. The molecule has 0 radical (unpaired) electrons. The molecule has 0 saturated carbocycles. The lowest BCUT2D eigenvalue weighted by molar-refractivity contribution is 0.641. The molecule has 3 heterocycles. The Balaban J connectivity index is 1.38. The van der Waals surface area contributed by atoms with Crippen molar-refractivity contribution in [2.24, 2.45) is 0 Å². The second kappa shape index (κ2) is 9.10. The van der Waals surface area contributed by atoms with Crippen LogP contribution in [0.2, 0.25) is 0 Å². The highest BCUT2D eigenvalue weighted by atomic mass is 15.4. The van der Waals surface area contributed by atoms with Crippen molar-refractivity contribution in [3.63, 3.8) is 0 Å². The molecule has 2 aromatic heterocycles. The van der Waals surface area contributed by atoms with Crippen LogP contribution < -0.4 is 15.1 Å². The van der Waals surface area contributed by atoms with Crippen LogP contribution >= 0.6 is 0 Å². The monoisotopic (exact) mass is 461 g/mol. The molecule has 0 bridgehead atoms. The van der Waals surface area contributed by atoms with Crippen LogP contribution in [0.4, 0.5) is 23.1 Å². The number of nitrogens with zero attached hydrogens (tertiary/aromatic N) is 6. The van der Waals surface area contributed by atoms with Crippen molar-refractivity contribution in [2.75, 3.05) is 41.3 Å². The van der Waals surface area contributed by atoms with Crippen molar-refractivity contribution in [1.82, 2.24) is 19.7 Å². The van der Waals surface area contributed by atoms with Crippen molar-refractivity contribution < 1.29 is 0 Å². The summed E-state index contributed by atoms with van der Waals surface area (Å²) in [5.41, 5.74) is 5.21. The molecular formula is C28H27N7. The van der Waals surface area contributed by atoms with E-state index in [0.29, 0.717) is 0 Å². The number of piperazine rings is 1. The number of nitrogens with one attached hydrogen (secondary N) is 1. The average molecular weight is 462 g/mol. The number of hydrogen-bond acceptors (Lipinski definition) is 6. The zero-order valence-corrected chi connectivity index (χ0v) is 19.7. The summed E-state index contributed by atoms with van der Waals surface area (Å²) in [6, 6.07) is 28.9. The fourth-order valence-electron chi connectivity index (χ4n) is 4.54. The van der Waals surface area contributed by atoms with Crippen LogP contribution in [0.15, 0.2) is 91.1 Å². The highest BCUT2D eigenvalue weighted by Crippen LogP contribution is 2.29. The molecule has 0 aliphatic carbocycles. The SMILES string of the molecule is Cc1ccccc1Nc1nc(N2CCN(c3ccccc3)CC2)nc2c1cnn2-c1ccccc1. The van der Waals surface area contributed by atoms with Crippen LogP contribution in [-0.4, -0.2) is 45.9 Å². The molecule has 7 heteroatoms. The van der Waals surface area contributed by atoms with Crippen LogP contribution in [0, 0.1) is 6.92 Å². The minimum atomic E-state index is 0.721. The standard InChI is InChI=1S/C28H27N7/c1-21-10-8-9-15-25(21)30-26-24-20-29-35(23-13-6-3-7-14-23)27(24)32-28(31-26)34-18-16-33(17-19-34)22-11-4-2-5-12-22/h2-15,20H,16-19H2,1H3,(H,30,31,32). The Hall–Kier alpha value is -4.39. The maximum atomic E-state index is 5.01. The van der Waals surface area contributed by atoms with Crippen LogP contribution in [0.25, 0.3) is 16.7 Å². The molecule has 5 aromatic rings. The Morgan fingerprint density at radius 3 is 2.03 bits per heavy atom. The van der Waals surface area contributed by atoms with Gasteiger partial charge in [0.1, 0.15) is 5.82 Å². The van der Waals surface area contributed by atoms with Gasteiger partial charge in [-0.05, 0) is 42.8 Å². The number of fused-ring (bicyclic) bond motifs is 1. The molecule has 1 aliphatic heterocycles. The van der Waals surface area contributed by atoms with Gasteiger partial charge in [-0.15, -0.1) is 0 Å². The molecule has 35 heavy (non-hydrogen) atoms. The number of para-hydroxylation sites is 3. The summed E-state index contributed by atoms with van der Waals surface area (Å²) in [4.78, 5) is 14.7. The minimum Gasteiger partial charge on any atom is -0.368 e. The van der Waals surface area contributed by atoms with Gasteiger partial charge >= 0.3 is 0 Å². The van der Waals surface area contributed by atoms with Gasteiger partial charge in [0.25, 0.3) is 0 Å². The molecule has 1 fully saturated rings. The van der Waals surface area contributed by atoms with Crippen molar-refractivity contribution in [1.29, 1.82) is 0 Å². The van der Waals surface area contributed by atoms with Gasteiger partial charge in [-0.25, -0.2) is 4.68 Å². The summed E-state index contributed by atoms with van der Waals surface area (Å²) in [6.07, 6.45) is 1.85. The van der Waals surface area contributed by atoms with Crippen molar-refractivity contribution in [3.8, 4) is 5.69 Å². The smallest absolute Gasteiger partial charge is 0.229 e. The van der Waals surface area contributed by atoms with Gasteiger partial charge in [0.2, 0.25) is 5.95 Å². The summed E-state index contributed by atoms with van der Waals surface area (Å²) in [5, 5.41) is 9.12. The van der Waals surface area contributed by atoms with Crippen molar-refractivity contribution in [3.05, 3.63) is 96.7 Å². The predicted molar refractivity (Wildman–Crippen MR) is 142 cm³/mol. The Morgan fingerprint density at radius 2 is 1.31 bits per heavy atom. The number of aryl methyl sites for hydroxylation is 1. The Bertz CT molecular complexity index is 1440. The van der Waals surface area contributed by atoms with Gasteiger partial charge in [0.15, 0.2) is 5.65 Å². The third kappa shape index (κ3) is 4.17. The normalized spacial score (nSPS) is 13.9. The molecule has 1 aliphatic rings. The molecule has 174 valence electrons. The van der Waals surface area contributed by atoms with Gasteiger partial charge in [-0.2, -0.15) is 15.1 Å². The fourth-order valence-corrected chi connectivity index (χ4v) is 4.54. The third-order valence-corrected chi connectivity index (χ3v) is 6.50. The molecule has 0 atom stereocenters. The maximum Gasteiger partial charge on any atom is 0.229 e. The zero-order chi connectivity index (χ0) is 23.6. The van der Waals surface area contributed by atoms with E-state index in [1.54, 1.807) is 0 Å². The Labute approximate surface area is 204 Å². The fraction of sp³-hybridized carbons (Fsp3) is 0.179. The third-order valence-electron chi connectivity index (χ3n) is 6.50. The first-order valence-corrected chi connectivity index (χ1v) is 11.9. The molecule has 0 spiro atoms. The van der Waals surface area contributed by atoms with Crippen LogP contribution in [0.5, 0.6) is 0 Å². The van der Waals surface area contributed by atoms with Gasteiger partial charge in [0.05, 0.1) is 17.3 Å². The number of aromatic nitrogens is 4. The first-order chi connectivity index (χ1) is 17.3. The van der Waals surface area contributed by atoms with E-state index >= 15 is 0 Å². The van der Waals surface area contributed by atoms with E-state index < -0.39 is 0 Å². The van der Waals surface area contributed by atoms with E-state index in [2.05, 4.69) is 69.6 Å². The van der Waals surface area contributed by atoms with Gasteiger partial charge in [0, 0.05) is 37.6 Å². The summed E-state index contributed by atoms with van der Waals surface area (Å²) < 4.78 is 1.89. The lowest BCUT2D eigenvalue weighted by atomic mass is 10.2. The van der Waals surface area contributed by atoms with Crippen LogP contribution in [0.3, 0.4) is 0 Å². The summed E-state index contributed by atoms with van der Waals surface area (Å²) >= 11 is 0. The van der Waals surface area contributed by atoms with Crippen molar-refractivity contribution >= 4 is 34.2 Å². The predicted octanol–water partition coefficient (Wildman–Crippen LogP) is 5.19. The van der Waals surface area contributed by atoms with Crippen LogP contribution in [-0.2, 0) is 0 Å². The second-order valence-electron chi connectivity index (χ2n) is 8.75. The minimum absolute atomic E-state index is 0.721. The molecule has 1 saturated heterocycles. The number of benzene rings is 3. The topological polar surface area (TPSA) is 62.1 Å². The van der Waals surface area contributed by atoms with Crippen molar-refractivity contribution in [2.45, 2.75) is 6.92 Å². The molecular weight excluding hydrogens is 434 g/mol. The van der Waals surface area contributed by atoms with E-state index in [0.717, 1.165) is 65.9 Å². The Morgan fingerprint density at radius 1 is 0.686 bits per heavy atom. The van der Waals surface area contributed by atoms with E-state index in [4.69, 9.17) is 9.97 Å². The highest BCUT2D eigenvalue weighted by Gasteiger charge is 2.22. The summed E-state index contributed by atoms with van der Waals surface area (Å²) in [6.45, 7) is 5.64. The van der Waals surface area contributed by atoms with E-state index in [-0.39, 0.29) is 0 Å². The first-order valence-electron chi connectivity index (χ1n) is 11.9. The quantitative estimate of drug-likeness (QED) is 0.388. The molecule has 6 rings (SSSR count). The molecule has 0 unspecified atom stereocenters. The lowest BCUT2D eigenvalue weighted by Gasteiger charge is -2.36. The molecule has 7 nitrogen and oxygen atoms in total. The first kappa shape index (κ1) is 21.2. The largest absolute Gasteiger partial charge is 0.368 e. The molecule has 3 aromatic carbocycles. The second-order valence-corrected chi connectivity index (χ2v) is 8.75. The number of hydrogen-bond donors (Lipinski definition) is 1. The molecule has 1 N–H and O–H groups in total. The number of anilines is 4. The van der Waals surface area contributed by atoms with E-state index in [1.807, 2.05) is 53.3 Å². The number of rotatable bonds is 5. The van der Waals surface area contributed by atoms with E-state index in [1.165, 1.54) is 5.69 Å². The van der Waals surface area contributed by atoms with Gasteiger partial charge in [-0.1, -0.05) is 54.6 Å².